The number of amides is 4. The summed E-state index contributed by atoms with van der Waals surface area (Å²) in [5, 5.41) is 15.8. The Labute approximate surface area is 366 Å². The molecule has 16 heteroatoms. The highest BCUT2D eigenvalue weighted by atomic mass is 16.4. The molecule has 63 heavy (non-hydrogen) atoms. The number of benzene rings is 1. The minimum absolute atomic E-state index is 0.0216. The second-order valence-electron chi connectivity index (χ2n) is 18.0. The van der Waals surface area contributed by atoms with E-state index in [4.69, 9.17) is 14.4 Å². The van der Waals surface area contributed by atoms with Crippen molar-refractivity contribution in [2.75, 3.05) is 26.7 Å². The maximum absolute atomic E-state index is 14.8. The van der Waals surface area contributed by atoms with Crippen LogP contribution >= 0.6 is 0 Å². The third-order valence-electron chi connectivity index (χ3n) is 12.7. The van der Waals surface area contributed by atoms with Gasteiger partial charge in [0, 0.05) is 74.1 Å². The lowest BCUT2D eigenvalue weighted by molar-refractivity contribution is -0.146. The predicted molar refractivity (Wildman–Crippen MR) is 236 cm³/mol. The van der Waals surface area contributed by atoms with Gasteiger partial charge in [-0.25, -0.2) is 25.4 Å². The molecule has 330 valence electrons. The van der Waals surface area contributed by atoms with Gasteiger partial charge in [0.1, 0.15) is 36.0 Å². The number of hydrogen-bond acceptors (Lipinski definition) is 11. The Bertz CT molecular complexity index is 2570. The first kappa shape index (κ1) is 43.2. The quantitative estimate of drug-likeness (QED) is 0.176. The average Bonchev–Trinajstić information content (AvgIpc) is 4.04. The number of phenolic OH excluding ortho intramolecular Hbond substituents is 1. The number of carbonyl (C=O) groups excluding carboxylic acids is 4. The van der Waals surface area contributed by atoms with E-state index in [0.717, 1.165) is 27.9 Å². The molecule has 8 bridgehead atoms. The van der Waals surface area contributed by atoms with Gasteiger partial charge in [-0.1, -0.05) is 34.3 Å². The molecule has 3 aliphatic rings. The van der Waals surface area contributed by atoms with Gasteiger partial charge in [0.05, 0.1) is 34.5 Å². The van der Waals surface area contributed by atoms with Gasteiger partial charge < -0.3 is 29.2 Å². The van der Waals surface area contributed by atoms with Crippen molar-refractivity contribution < 1.29 is 28.7 Å². The summed E-state index contributed by atoms with van der Waals surface area (Å²) >= 11 is 0. The molecule has 0 spiro atoms. The molecule has 3 N–H and O–H groups in total. The molecule has 1 aromatic carbocycles. The summed E-state index contributed by atoms with van der Waals surface area (Å²) in [6.07, 6.45) is 10.5. The number of aromatic nitrogens is 5. The van der Waals surface area contributed by atoms with E-state index in [1.807, 2.05) is 44.4 Å². The summed E-state index contributed by atoms with van der Waals surface area (Å²) in [7, 11) is 1.60. The largest absolute Gasteiger partial charge is 0.508 e. The fourth-order valence-electron chi connectivity index (χ4n) is 9.57. The molecule has 1 unspecified atom stereocenters. The van der Waals surface area contributed by atoms with Crippen molar-refractivity contribution in [3.05, 3.63) is 90.7 Å². The van der Waals surface area contributed by atoms with Gasteiger partial charge in [-0.2, -0.15) is 0 Å². The third kappa shape index (κ3) is 8.43. The van der Waals surface area contributed by atoms with Gasteiger partial charge in [-0.3, -0.25) is 24.2 Å². The zero-order chi connectivity index (χ0) is 44.7. The molecule has 16 nitrogen and oxygen atoms in total. The number of carbonyl (C=O) groups is 4. The Morgan fingerprint density at radius 2 is 1.87 bits per heavy atom. The predicted octanol–water partition coefficient (Wildman–Crippen LogP) is 5.12. The summed E-state index contributed by atoms with van der Waals surface area (Å²) in [6.45, 7) is 15.3. The zero-order valence-electron chi connectivity index (χ0n) is 36.8. The van der Waals surface area contributed by atoms with Gasteiger partial charge >= 0.3 is 0 Å². The Morgan fingerprint density at radius 3 is 2.60 bits per heavy atom. The molecule has 7 heterocycles. The number of phenols is 1. The Balaban J connectivity index is 1.21. The second kappa shape index (κ2) is 17.4. The molecular weight excluding hydrogens is 801 g/mol. The highest BCUT2D eigenvalue weighted by Crippen LogP contribution is 2.40. The van der Waals surface area contributed by atoms with Crippen molar-refractivity contribution in [1.29, 1.82) is 0 Å². The molecule has 2 fully saturated rings. The molecular formula is C47H56N10O6. The maximum atomic E-state index is 14.8. The van der Waals surface area contributed by atoms with Crippen LogP contribution in [0.2, 0.25) is 0 Å². The lowest BCUT2D eigenvalue weighted by Crippen LogP contribution is -2.60. The lowest BCUT2D eigenvalue weighted by Gasteiger charge is -2.36. The maximum Gasteiger partial charge on any atom is 0.259 e. The molecule has 4 aromatic heterocycles. The van der Waals surface area contributed by atoms with E-state index in [1.54, 1.807) is 30.3 Å². The first-order valence-electron chi connectivity index (χ1n) is 21.8. The van der Waals surface area contributed by atoms with Crippen LogP contribution in [0.3, 0.4) is 0 Å². The van der Waals surface area contributed by atoms with Crippen LogP contribution in [0.15, 0.2) is 72.3 Å². The monoisotopic (exact) mass is 856 g/mol. The number of nitrogens with zero attached hydrogens (tertiary/aromatic N) is 8. The van der Waals surface area contributed by atoms with Crippen LogP contribution in [0.5, 0.6) is 5.75 Å². The van der Waals surface area contributed by atoms with Crippen LogP contribution in [0.25, 0.3) is 33.5 Å². The van der Waals surface area contributed by atoms with Crippen LogP contribution < -0.4 is 10.7 Å². The molecule has 0 aliphatic carbocycles. The van der Waals surface area contributed by atoms with Crippen LogP contribution in [0.4, 0.5) is 0 Å². The van der Waals surface area contributed by atoms with E-state index in [0.29, 0.717) is 73.8 Å². The Kier molecular flexibility index (Phi) is 11.9. The molecule has 4 amide bonds. The number of aromatic hydroxyl groups is 1. The average molecular weight is 857 g/mol. The first-order chi connectivity index (χ1) is 30.2. The van der Waals surface area contributed by atoms with Crippen molar-refractivity contribution >= 4 is 34.7 Å². The van der Waals surface area contributed by atoms with E-state index in [2.05, 4.69) is 52.6 Å². The number of likely N-dealkylation sites (tertiary alicyclic amines) is 1. The number of nitrogens with one attached hydrogen (secondary N) is 2. The summed E-state index contributed by atoms with van der Waals surface area (Å²) in [5.74, 6) is -1.08. The van der Waals surface area contributed by atoms with Crippen molar-refractivity contribution in [3.63, 3.8) is 0 Å². The SMILES string of the molecule is C=CC(=O)N1CCC(C(=O)N(C)[C@H](C(=O)N[C@H]2Cc3cc(O)cc(c3)-c3ccc4c(n3)c(c(-c3cncnc3)n4CC)CC(C)(C)c3cnc(o3)[C@@H]3CCCN(N3)C2=O)C(C)C)C1. The lowest BCUT2D eigenvalue weighted by atomic mass is 9.83. The van der Waals surface area contributed by atoms with Crippen molar-refractivity contribution in [2.45, 2.75) is 96.8 Å². The number of aryl methyl sites for hydroxylation is 1. The normalized spacial score (nSPS) is 20.4. The van der Waals surface area contributed by atoms with Gasteiger partial charge in [-0.05, 0) is 80.5 Å². The van der Waals surface area contributed by atoms with Gasteiger partial charge in [0.2, 0.25) is 23.6 Å². The Morgan fingerprint density at radius 1 is 1.10 bits per heavy atom. The van der Waals surface area contributed by atoms with Crippen LogP contribution in [0.1, 0.15) is 82.7 Å². The summed E-state index contributed by atoms with van der Waals surface area (Å²) in [5.41, 5.74) is 9.14. The molecule has 0 radical (unpaired) electrons. The molecule has 0 saturated carbocycles. The number of hydrogen-bond donors (Lipinski definition) is 3. The summed E-state index contributed by atoms with van der Waals surface area (Å²) < 4.78 is 8.80. The highest BCUT2D eigenvalue weighted by molar-refractivity contribution is 5.94. The van der Waals surface area contributed by atoms with Crippen molar-refractivity contribution in [1.82, 2.24) is 50.1 Å². The van der Waals surface area contributed by atoms with Crippen LogP contribution in [0, 0.1) is 11.8 Å². The second-order valence-corrected chi connectivity index (χ2v) is 18.0. The van der Waals surface area contributed by atoms with Gasteiger partial charge in [0.15, 0.2) is 0 Å². The topological polar surface area (TPSA) is 192 Å². The number of hydrazine groups is 1. The molecule has 5 aromatic rings. The molecule has 3 aliphatic heterocycles. The minimum atomic E-state index is -1.11. The van der Waals surface area contributed by atoms with E-state index >= 15 is 0 Å². The number of fused-ring (bicyclic) bond motifs is 9. The standard InChI is InChI=1S/C47H56N10O6/c1-8-39(59)55-16-14-29(25-55)45(61)54(7)41(27(3)4)43(60)52-36-19-28-17-30(20-32(58)18-28)34-12-13-37-40(51-34)33(42(56(37)9-2)31-22-48-26-49-23-31)21-47(5,6)38-24-50-44(63-38)35-11-10-15-57(53-35)46(36)62/h8,12-13,17-18,20,22-24,26-27,29,35-36,41,53,58H,1,9-11,14-16,19,21,25H2,2-7H3,(H,52,60)/t29?,35-,36-,41-/m0/s1. The van der Waals surface area contributed by atoms with Gasteiger partial charge in [0.25, 0.3) is 5.91 Å². The van der Waals surface area contributed by atoms with Crippen molar-refractivity contribution in [2.24, 2.45) is 11.8 Å². The number of rotatable bonds is 8. The summed E-state index contributed by atoms with van der Waals surface area (Å²) in [6, 6.07) is 6.63. The fourth-order valence-corrected chi connectivity index (χ4v) is 9.57. The molecule has 2 saturated heterocycles. The number of likely N-dealkylation sites (N-methyl/N-ethyl adjacent to an activating group) is 1. The highest BCUT2D eigenvalue weighted by Gasteiger charge is 2.40. The molecule has 8 rings (SSSR count). The zero-order valence-corrected chi connectivity index (χ0v) is 36.8. The van der Waals surface area contributed by atoms with Crippen LogP contribution in [-0.2, 0) is 44.0 Å². The number of oxazole rings is 1. The van der Waals surface area contributed by atoms with E-state index in [9.17, 15) is 24.3 Å². The minimum Gasteiger partial charge on any atom is -0.508 e. The van der Waals surface area contributed by atoms with Crippen molar-refractivity contribution in [3.8, 4) is 28.3 Å². The first-order valence-corrected chi connectivity index (χ1v) is 21.8. The van der Waals surface area contributed by atoms with E-state index in [-0.39, 0.29) is 42.4 Å². The van der Waals surface area contributed by atoms with E-state index < -0.39 is 35.4 Å². The summed E-state index contributed by atoms with van der Waals surface area (Å²) in [4.78, 5) is 77.3. The van der Waals surface area contributed by atoms with Crippen LogP contribution in [-0.4, -0.2) is 107 Å². The number of pyridine rings is 1. The fraction of sp³-hybridized carbons (Fsp3) is 0.447. The van der Waals surface area contributed by atoms with E-state index in [1.165, 1.54) is 22.3 Å². The Hall–Kier alpha value is -6.42. The van der Waals surface area contributed by atoms with Gasteiger partial charge in [-0.15, -0.1) is 0 Å². The smallest absolute Gasteiger partial charge is 0.259 e. The third-order valence-corrected chi connectivity index (χ3v) is 12.7. The molecule has 4 atom stereocenters.